The molecule has 6 nitrogen and oxygen atoms in total. The van der Waals surface area contributed by atoms with E-state index in [9.17, 15) is 15.0 Å². The number of β-amino-alcohol motifs (C(OH)–C–C–N with tert-alkyl or cyclic N) is 1. The van der Waals surface area contributed by atoms with Gasteiger partial charge >= 0.3 is 0 Å². The number of ether oxygens (including phenoxy) is 1. The summed E-state index contributed by atoms with van der Waals surface area (Å²) in [4.78, 5) is 11.5. The van der Waals surface area contributed by atoms with Crippen molar-refractivity contribution < 1.29 is 19.7 Å². The number of phenols is 1. The predicted octanol–water partition coefficient (Wildman–Crippen LogP) is 2.79. The van der Waals surface area contributed by atoms with Crippen LogP contribution in [0, 0.1) is 0 Å². The Morgan fingerprint density at radius 3 is 2.67 bits per heavy atom. The first-order chi connectivity index (χ1) is 12.3. The maximum atomic E-state index is 11.5. The van der Waals surface area contributed by atoms with Gasteiger partial charge in [-0.3, -0.25) is 4.79 Å². The molecule has 0 aromatic heterocycles. The second-order valence-electron chi connectivity index (χ2n) is 7.19. The zero-order valence-electron chi connectivity index (χ0n) is 15.4. The van der Waals surface area contributed by atoms with Gasteiger partial charge in [-0.2, -0.15) is 0 Å². The largest absolute Gasteiger partial charge is 0.508 e. The summed E-state index contributed by atoms with van der Waals surface area (Å²) in [6, 6.07) is 13.0. The molecular weight excluding hydrogens is 368 g/mol. The molecule has 0 bridgehead atoms. The molecule has 1 aliphatic heterocycles. The molecule has 27 heavy (non-hydrogen) atoms. The minimum atomic E-state index is -0.888. The van der Waals surface area contributed by atoms with E-state index in [2.05, 4.69) is 36.6 Å². The van der Waals surface area contributed by atoms with Gasteiger partial charge in [-0.1, -0.05) is 30.3 Å². The Labute approximate surface area is 165 Å². The molecule has 1 heterocycles. The molecule has 0 fully saturated rings. The van der Waals surface area contributed by atoms with Crippen molar-refractivity contribution in [3.8, 4) is 11.5 Å². The monoisotopic (exact) mass is 392 g/mol. The van der Waals surface area contributed by atoms with Crippen LogP contribution in [0.25, 0.3) is 0 Å². The first kappa shape index (κ1) is 21.0. The summed E-state index contributed by atoms with van der Waals surface area (Å²) < 4.78 is 5.46. The highest BCUT2D eigenvalue weighted by Gasteiger charge is 2.26. The lowest BCUT2D eigenvalue weighted by Gasteiger charge is -2.29. The SMILES string of the molecule is CC(C)(Cc1ccccc1)NC[C@H](O)c1cc(O)cc2c1OCC(=O)N2.Cl. The molecule has 0 radical (unpaired) electrons. The fourth-order valence-corrected chi connectivity index (χ4v) is 3.11. The Kier molecular flexibility index (Phi) is 6.70. The quantitative estimate of drug-likeness (QED) is 0.607. The Morgan fingerprint density at radius 1 is 1.26 bits per heavy atom. The van der Waals surface area contributed by atoms with Gasteiger partial charge in [0.15, 0.2) is 6.61 Å². The number of hydrogen-bond acceptors (Lipinski definition) is 5. The third-order valence-electron chi connectivity index (χ3n) is 4.35. The van der Waals surface area contributed by atoms with Crippen LogP contribution in [0.5, 0.6) is 11.5 Å². The maximum absolute atomic E-state index is 11.5. The summed E-state index contributed by atoms with van der Waals surface area (Å²) in [7, 11) is 0. The Morgan fingerprint density at radius 2 is 1.96 bits per heavy atom. The molecule has 1 aliphatic rings. The molecule has 7 heteroatoms. The zero-order chi connectivity index (χ0) is 18.7. The van der Waals surface area contributed by atoms with Crippen molar-refractivity contribution in [2.75, 3.05) is 18.5 Å². The number of carbonyl (C=O) groups is 1. The van der Waals surface area contributed by atoms with Gasteiger partial charge in [-0.15, -0.1) is 12.4 Å². The number of aliphatic hydroxyl groups excluding tert-OH is 1. The smallest absolute Gasteiger partial charge is 0.262 e. The van der Waals surface area contributed by atoms with Crippen LogP contribution >= 0.6 is 12.4 Å². The molecule has 1 amide bonds. The highest BCUT2D eigenvalue weighted by molar-refractivity contribution is 5.96. The highest BCUT2D eigenvalue weighted by Crippen LogP contribution is 2.38. The Balaban J connectivity index is 0.00000261. The number of aliphatic hydroxyl groups is 1. The average Bonchev–Trinajstić information content (AvgIpc) is 2.59. The van der Waals surface area contributed by atoms with Gasteiger partial charge in [-0.25, -0.2) is 0 Å². The van der Waals surface area contributed by atoms with E-state index in [1.54, 1.807) is 0 Å². The lowest BCUT2D eigenvalue weighted by molar-refractivity contribution is -0.118. The lowest BCUT2D eigenvalue weighted by atomic mass is 9.94. The van der Waals surface area contributed by atoms with E-state index in [0.717, 1.165) is 6.42 Å². The van der Waals surface area contributed by atoms with Crippen molar-refractivity contribution in [2.45, 2.75) is 31.9 Å². The fourth-order valence-electron chi connectivity index (χ4n) is 3.11. The molecule has 2 aromatic rings. The number of aromatic hydroxyl groups is 1. The number of anilines is 1. The van der Waals surface area contributed by atoms with Crippen molar-refractivity contribution in [3.63, 3.8) is 0 Å². The number of halogens is 1. The van der Waals surface area contributed by atoms with Crippen molar-refractivity contribution in [2.24, 2.45) is 0 Å². The van der Waals surface area contributed by atoms with Gasteiger partial charge in [-0.05, 0) is 31.9 Å². The molecule has 2 aromatic carbocycles. The van der Waals surface area contributed by atoms with Gasteiger partial charge in [0.1, 0.15) is 11.5 Å². The number of rotatable bonds is 6. The maximum Gasteiger partial charge on any atom is 0.262 e. The van der Waals surface area contributed by atoms with Gasteiger partial charge in [0.25, 0.3) is 5.91 Å². The first-order valence-corrected chi connectivity index (χ1v) is 8.61. The molecule has 4 N–H and O–H groups in total. The number of phenolic OH excluding ortho intramolecular Hbond substituents is 1. The average molecular weight is 393 g/mol. The molecule has 1 atom stereocenters. The van der Waals surface area contributed by atoms with E-state index in [0.29, 0.717) is 17.0 Å². The lowest BCUT2D eigenvalue weighted by Crippen LogP contribution is -2.43. The molecule has 0 saturated heterocycles. The third kappa shape index (κ3) is 5.35. The topological polar surface area (TPSA) is 90.8 Å². The van der Waals surface area contributed by atoms with Crippen LogP contribution in [0.4, 0.5) is 5.69 Å². The second-order valence-corrected chi connectivity index (χ2v) is 7.19. The molecular formula is C20H25ClN2O4. The predicted molar refractivity (Wildman–Crippen MR) is 107 cm³/mol. The van der Waals surface area contributed by atoms with Crippen LogP contribution in [0.1, 0.15) is 31.1 Å². The number of hydrogen-bond donors (Lipinski definition) is 4. The number of fused-ring (bicyclic) bond motifs is 1. The Hall–Kier alpha value is -2.28. The molecule has 0 saturated carbocycles. The summed E-state index contributed by atoms with van der Waals surface area (Å²) in [5.41, 5.74) is 1.80. The summed E-state index contributed by atoms with van der Waals surface area (Å²) in [5, 5.41) is 26.5. The van der Waals surface area contributed by atoms with E-state index in [1.807, 2.05) is 18.2 Å². The van der Waals surface area contributed by atoms with Crippen LogP contribution < -0.4 is 15.4 Å². The zero-order valence-corrected chi connectivity index (χ0v) is 16.2. The van der Waals surface area contributed by atoms with E-state index < -0.39 is 6.10 Å². The van der Waals surface area contributed by atoms with Crippen molar-refractivity contribution in [1.29, 1.82) is 0 Å². The summed E-state index contributed by atoms with van der Waals surface area (Å²) in [6.45, 7) is 4.32. The van der Waals surface area contributed by atoms with Gasteiger partial charge in [0.2, 0.25) is 0 Å². The van der Waals surface area contributed by atoms with Crippen LogP contribution in [0.15, 0.2) is 42.5 Å². The minimum absolute atomic E-state index is 0. The number of benzene rings is 2. The molecule has 0 unspecified atom stereocenters. The van der Waals surface area contributed by atoms with E-state index in [-0.39, 0.29) is 42.8 Å². The van der Waals surface area contributed by atoms with E-state index in [4.69, 9.17) is 4.74 Å². The van der Waals surface area contributed by atoms with Gasteiger partial charge in [0.05, 0.1) is 11.8 Å². The van der Waals surface area contributed by atoms with E-state index >= 15 is 0 Å². The molecule has 3 rings (SSSR count). The summed E-state index contributed by atoms with van der Waals surface area (Å²) in [6.07, 6.45) is -0.0773. The number of carbonyl (C=O) groups excluding carboxylic acids is 1. The molecule has 0 aliphatic carbocycles. The van der Waals surface area contributed by atoms with E-state index in [1.165, 1.54) is 17.7 Å². The first-order valence-electron chi connectivity index (χ1n) is 8.61. The highest BCUT2D eigenvalue weighted by atomic mass is 35.5. The number of nitrogens with one attached hydrogen (secondary N) is 2. The Bertz CT molecular complexity index is 796. The summed E-state index contributed by atoms with van der Waals surface area (Å²) >= 11 is 0. The van der Waals surface area contributed by atoms with Crippen molar-refractivity contribution >= 4 is 24.0 Å². The standard InChI is InChI=1S/C20H24N2O4.ClH/c1-20(2,10-13-6-4-3-5-7-13)21-11-17(24)15-8-14(23)9-16-19(15)26-12-18(25)22-16;/h3-9,17,21,23-24H,10-12H2,1-2H3,(H,22,25);1H/t17-;/m0./s1. The normalized spacial score (nSPS) is 14.4. The van der Waals surface area contributed by atoms with Gasteiger partial charge < -0.3 is 25.6 Å². The minimum Gasteiger partial charge on any atom is -0.508 e. The van der Waals surface area contributed by atoms with Crippen molar-refractivity contribution in [1.82, 2.24) is 5.32 Å². The van der Waals surface area contributed by atoms with Crippen LogP contribution in [-0.2, 0) is 11.2 Å². The van der Waals surface area contributed by atoms with Crippen LogP contribution in [0.3, 0.4) is 0 Å². The van der Waals surface area contributed by atoms with Crippen LogP contribution in [-0.4, -0.2) is 34.8 Å². The van der Waals surface area contributed by atoms with Crippen LogP contribution in [0.2, 0.25) is 0 Å². The molecule has 0 spiro atoms. The third-order valence-corrected chi connectivity index (χ3v) is 4.35. The summed E-state index contributed by atoms with van der Waals surface area (Å²) in [5.74, 6) is 0.0790. The molecule has 146 valence electrons. The van der Waals surface area contributed by atoms with Gasteiger partial charge in [0, 0.05) is 23.7 Å². The fraction of sp³-hybridized carbons (Fsp3) is 0.350. The van der Waals surface area contributed by atoms with Crippen molar-refractivity contribution in [3.05, 3.63) is 53.6 Å². The second kappa shape index (κ2) is 8.61. The number of amides is 1.